The minimum absolute atomic E-state index is 0.0890. The van der Waals surface area contributed by atoms with Gasteiger partial charge < -0.3 is 4.90 Å². The first kappa shape index (κ1) is 21.0. The maximum absolute atomic E-state index is 13.0. The Morgan fingerprint density at radius 3 is 2.41 bits per heavy atom. The SMILES string of the molecule is O=C(CC1CCCC1)N1CCN(S(=O)(=O)c2csc(-c3ccc(Br)cc3)n2)CC1. The van der Waals surface area contributed by atoms with Crippen LogP contribution in [0.15, 0.2) is 39.1 Å². The van der Waals surface area contributed by atoms with Crippen molar-refractivity contribution in [3.63, 3.8) is 0 Å². The van der Waals surface area contributed by atoms with Gasteiger partial charge in [0.15, 0.2) is 5.03 Å². The molecule has 0 unspecified atom stereocenters. The lowest BCUT2D eigenvalue weighted by Crippen LogP contribution is -2.50. The highest BCUT2D eigenvalue weighted by Crippen LogP contribution is 2.30. The largest absolute Gasteiger partial charge is 0.340 e. The van der Waals surface area contributed by atoms with Gasteiger partial charge >= 0.3 is 0 Å². The average molecular weight is 498 g/mol. The van der Waals surface area contributed by atoms with E-state index in [2.05, 4.69) is 20.9 Å². The van der Waals surface area contributed by atoms with Crippen LogP contribution in [-0.2, 0) is 14.8 Å². The molecule has 2 aliphatic rings. The Bertz CT molecular complexity index is 961. The van der Waals surface area contributed by atoms with Crippen molar-refractivity contribution < 1.29 is 13.2 Å². The highest BCUT2D eigenvalue weighted by molar-refractivity contribution is 9.10. The third kappa shape index (κ3) is 4.73. The summed E-state index contributed by atoms with van der Waals surface area (Å²) >= 11 is 4.72. The van der Waals surface area contributed by atoms with Crippen LogP contribution in [0, 0.1) is 5.92 Å². The van der Waals surface area contributed by atoms with Crippen LogP contribution in [0.4, 0.5) is 0 Å². The number of piperazine rings is 1. The molecule has 1 aliphatic heterocycles. The van der Waals surface area contributed by atoms with Crippen molar-refractivity contribution in [2.45, 2.75) is 37.1 Å². The number of nitrogens with zero attached hydrogens (tertiary/aromatic N) is 3. The van der Waals surface area contributed by atoms with E-state index in [9.17, 15) is 13.2 Å². The fourth-order valence-corrected chi connectivity index (χ4v) is 6.76. The first-order chi connectivity index (χ1) is 13.9. The zero-order chi connectivity index (χ0) is 20.4. The van der Waals surface area contributed by atoms with Gasteiger partial charge in [-0.25, -0.2) is 13.4 Å². The number of aromatic nitrogens is 1. The number of rotatable bonds is 5. The minimum Gasteiger partial charge on any atom is -0.340 e. The number of thiazole rings is 1. The molecular weight excluding hydrogens is 474 g/mol. The molecule has 9 heteroatoms. The van der Waals surface area contributed by atoms with Gasteiger partial charge in [0.05, 0.1) is 0 Å². The first-order valence-corrected chi connectivity index (χ1v) is 13.0. The highest BCUT2D eigenvalue weighted by Gasteiger charge is 2.32. The van der Waals surface area contributed by atoms with E-state index in [0.717, 1.165) is 22.9 Å². The van der Waals surface area contributed by atoms with E-state index in [1.54, 1.807) is 5.38 Å². The van der Waals surface area contributed by atoms with E-state index >= 15 is 0 Å². The van der Waals surface area contributed by atoms with Gasteiger partial charge in [0.25, 0.3) is 10.0 Å². The molecule has 0 spiro atoms. The summed E-state index contributed by atoms with van der Waals surface area (Å²) in [7, 11) is -3.64. The summed E-state index contributed by atoms with van der Waals surface area (Å²) in [6.45, 7) is 1.55. The summed E-state index contributed by atoms with van der Waals surface area (Å²) in [5.74, 6) is 0.677. The second kappa shape index (κ2) is 8.83. The van der Waals surface area contributed by atoms with Crippen LogP contribution >= 0.6 is 27.3 Å². The van der Waals surface area contributed by atoms with Gasteiger partial charge in [0.2, 0.25) is 5.91 Å². The van der Waals surface area contributed by atoms with Crippen molar-refractivity contribution in [2.24, 2.45) is 5.92 Å². The van der Waals surface area contributed by atoms with E-state index in [0.29, 0.717) is 43.5 Å². The van der Waals surface area contributed by atoms with E-state index < -0.39 is 10.0 Å². The molecule has 2 heterocycles. The Morgan fingerprint density at radius 2 is 1.76 bits per heavy atom. The smallest absolute Gasteiger partial charge is 0.261 e. The molecule has 1 aromatic carbocycles. The van der Waals surface area contributed by atoms with Crippen LogP contribution in [-0.4, -0.2) is 54.7 Å². The number of amides is 1. The quantitative estimate of drug-likeness (QED) is 0.625. The van der Waals surface area contributed by atoms with Crippen molar-refractivity contribution >= 4 is 43.2 Å². The third-order valence-electron chi connectivity index (χ3n) is 5.71. The normalized spacial score (nSPS) is 19.0. The third-order valence-corrected chi connectivity index (χ3v) is 9.06. The maximum atomic E-state index is 13.0. The first-order valence-electron chi connectivity index (χ1n) is 9.93. The number of carbonyl (C=O) groups is 1. The van der Waals surface area contributed by atoms with Gasteiger partial charge in [-0.2, -0.15) is 4.31 Å². The summed E-state index contributed by atoms with van der Waals surface area (Å²) in [4.78, 5) is 18.7. The van der Waals surface area contributed by atoms with Gasteiger partial charge in [0.1, 0.15) is 5.01 Å². The Hall–Kier alpha value is -1.29. The molecule has 1 aliphatic carbocycles. The fourth-order valence-electron chi connectivity index (χ4n) is 4.00. The van der Waals surface area contributed by atoms with Crippen LogP contribution in [0.5, 0.6) is 0 Å². The number of sulfonamides is 1. The summed E-state index contributed by atoms with van der Waals surface area (Å²) < 4.78 is 28.4. The Labute approximate surface area is 184 Å². The van der Waals surface area contributed by atoms with E-state index in [-0.39, 0.29) is 10.9 Å². The molecule has 0 atom stereocenters. The molecule has 156 valence electrons. The maximum Gasteiger partial charge on any atom is 0.261 e. The molecule has 29 heavy (non-hydrogen) atoms. The van der Waals surface area contributed by atoms with Gasteiger partial charge in [-0.3, -0.25) is 4.79 Å². The van der Waals surface area contributed by atoms with Crippen molar-refractivity contribution in [3.05, 3.63) is 34.1 Å². The van der Waals surface area contributed by atoms with Crippen LogP contribution < -0.4 is 0 Å². The molecule has 2 fully saturated rings. The number of hydrogen-bond acceptors (Lipinski definition) is 5. The molecule has 2 aromatic rings. The van der Waals surface area contributed by atoms with Gasteiger partial charge in [-0.15, -0.1) is 11.3 Å². The summed E-state index contributed by atoms with van der Waals surface area (Å²) in [5, 5.41) is 2.37. The standard InChI is InChI=1S/C20H24BrN3O3S2/c21-17-7-5-16(6-8-17)20-22-18(14-28-20)29(26,27)24-11-9-23(10-12-24)19(25)13-15-3-1-2-4-15/h5-8,14-15H,1-4,9-13H2. The minimum atomic E-state index is -3.64. The molecule has 1 aromatic heterocycles. The number of hydrogen-bond donors (Lipinski definition) is 0. The molecular formula is C20H24BrN3O3S2. The number of carbonyl (C=O) groups excluding carboxylic acids is 1. The van der Waals surface area contributed by atoms with E-state index in [1.807, 2.05) is 29.2 Å². The lowest BCUT2D eigenvalue weighted by Gasteiger charge is -2.34. The van der Waals surface area contributed by atoms with E-state index in [4.69, 9.17) is 0 Å². The van der Waals surface area contributed by atoms with E-state index in [1.165, 1.54) is 28.5 Å². The van der Waals surface area contributed by atoms with Crippen molar-refractivity contribution in [2.75, 3.05) is 26.2 Å². The predicted molar refractivity (Wildman–Crippen MR) is 117 cm³/mol. The average Bonchev–Trinajstić information content (AvgIpc) is 3.41. The highest BCUT2D eigenvalue weighted by atomic mass is 79.9. The van der Waals surface area contributed by atoms with Crippen molar-refractivity contribution in [1.82, 2.24) is 14.2 Å². The zero-order valence-corrected chi connectivity index (χ0v) is 19.3. The fraction of sp³-hybridized carbons (Fsp3) is 0.500. The molecule has 1 saturated carbocycles. The van der Waals surface area contributed by atoms with Gasteiger partial charge in [-0.05, 0) is 30.9 Å². The molecule has 4 rings (SSSR count). The monoisotopic (exact) mass is 497 g/mol. The van der Waals surface area contributed by atoms with Crippen LogP contribution in [0.3, 0.4) is 0 Å². The number of benzene rings is 1. The van der Waals surface area contributed by atoms with Crippen LogP contribution in [0.2, 0.25) is 0 Å². The molecule has 6 nitrogen and oxygen atoms in total. The number of halogens is 1. The molecule has 0 radical (unpaired) electrons. The lowest BCUT2D eigenvalue weighted by atomic mass is 10.0. The van der Waals surface area contributed by atoms with Crippen LogP contribution in [0.1, 0.15) is 32.1 Å². The Morgan fingerprint density at radius 1 is 1.10 bits per heavy atom. The van der Waals surface area contributed by atoms with Crippen molar-refractivity contribution in [1.29, 1.82) is 0 Å². The second-order valence-corrected chi connectivity index (χ2v) is 11.3. The summed E-state index contributed by atoms with van der Waals surface area (Å²) in [6, 6.07) is 7.64. The zero-order valence-electron chi connectivity index (χ0n) is 16.1. The topological polar surface area (TPSA) is 70.6 Å². The lowest BCUT2D eigenvalue weighted by molar-refractivity contribution is -0.133. The predicted octanol–water partition coefficient (Wildman–Crippen LogP) is 3.99. The molecule has 1 amide bonds. The Balaban J connectivity index is 1.39. The molecule has 1 saturated heterocycles. The van der Waals surface area contributed by atoms with Gasteiger partial charge in [-0.1, -0.05) is 40.9 Å². The summed E-state index contributed by atoms with van der Waals surface area (Å²) in [6.07, 6.45) is 5.34. The second-order valence-electron chi connectivity index (χ2n) is 7.64. The van der Waals surface area contributed by atoms with Crippen molar-refractivity contribution in [3.8, 4) is 10.6 Å². The van der Waals surface area contributed by atoms with Gasteiger partial charge in [0, 0.05) is 48.0 Å². The Kier molecular flexibility index (Phi) is 6.38. The molecule has 0 N–H and O–H groups in total. The van der Waals surface area contributed by atoms with Crippen LogP contribution in [0.25, 0.3) is 10.6 Å². The summed E-state index contributed by atoms with van der Waals surface area (Å²) in [5.41, 5.74) is 0.891. The molecule has 0 bridgehead atoms.